The van der Waals surface area contributed by atoms with E-state index in [9.17, 15) is 5.26 Å². The second-order valence-electron chi connectivity index (χ2n) is 7.90. The summed E-state index contributed by atoms with van der Waals surface area (Å²) in [6.45, 7) is 2.63. The molecule has 0 spiro atoms. The smallest absolute Gasteiger partial charge is 0.167 e. The number of hydrogen-bond acceptors (Lipinski definition) is 6. The Morgan fingerprint density at radius 1 is 1.13 bits per heavy atom. The molecule has 2 saturated heterocycles. The van der Waals surface area contributed by atoms with E-state index in [1.54, 1.807) is 6.20 Å². The molecule has 2 fully saturated rings. The van der Waals surface area contributed by atoms with E-state index in [-0.39, 0.29) is 6.04 Å². The predicted molar refractivity (Wildman–Crippen MR) is 115 cm³/mol. The average molecular weight is 420 g/mol. The Balaban J connectivity index is 1.35. The van der Waals surface area contributed by atoms with E-state index in [4.69, 9.17) is 16.1 Å². The lowest BCUT2D eigenvalue weighted by Gasteiger charge is -2.48. The molecule has 3 aromatic rings. The summed E-state index contributed by atoms with van der Waals surface area (Å²) in [5.74, 6) is 1.55. The van der Waals surface area contributed by atoms with Crippen molar-refractivity contribution in [3.63, 3.8) is 0 Å². The van der Waals surface area contributed by atoms with Gasteiger partial charge in [0.25, 0.3) is 0 Å². The summed E-state index contributed by atoms with van der Waals surface area (Å²) in [5.41, 5.74) is 2.57. The summed E-state index contributed by atoms with van der Waals surface area (Å²) >= 11 is 6.13. The van der Waals surface area contributed by atoms with Gasteiger partial charge in [0.05, 0.1) is 11.6 Å². The SMILES string of the molecule is N#Cc1cccnc1N1CCN2[C@@H](CCC[C@@H]2c2cc(-c3cccc(Cl)c3)on2)C1. The number of pyridine rings is 1. The first-order valence-electron chi connectivity index (χ1n) is 10.3. The molecule has 0 radical (unpaired) electrons. The highest BCUT2D eigenvalue weighted by Crippen LogP contribution is 2.38. The van der Waals surface area contributed by atoms with Crippen LogP contribution in [0, 0.1) is 11.3 Å². The number of nitrogens with zero attached hydrogens (tertiary/aromatic N) is 5. The van der Waals surface area contributed by atoms with Crippen LogP contribution in [0.15, 0.2) is 53.2 Å². The number of anilines is 1. The van der Waals surface area contributed by atoms with Crippen molar-refractivity contribution in [3.05, 3.63) is 64.9 Å². The maximum absolute atomic E-state index is 9.43. The first kappa shape index (κ1) is 19.1. The van der Waals surface area contributed by atoms with Gasteiger partial charge in [0, 0.05) is 48.5 Å². The van der Waals surface area contributed by atoms with Gasteiger partial charge in [0.2, 0.25) is 0 Å². The molecule has 2 aliphatic rings. The molecular weight excluding hydrogens is 398 g/mol. The van der Waals surface area contributed by atoms with Crippen LogP contribution in [0.3, 0.4) is 0 Å². The fourth-order valence-corrected chi connectivity index (χ4v) is 4.91. The van der Waals surface area contributed by atoms with Gasteiger partial charge in [0.1, 0.15) is 17.6 Å². The first-order chi connectivity index (χ1) is 14.7. The van der Waals surface area contributed by atoms with E-state index in [1.807, 2.05) is 36.4 Å². The third kappa shape index (κ3) is 3.55. The van der Waals surface area contributed by atoms with Crippen LogP contribution in [0.25, 0.3) is 11.3 Å². The zero-order valence-electron chi connectivity index (χ0n) is 16.5. The van der Waals surface area contributed by atoms with Crippen LogP contribution in [0.4, 0.5) is 5.82 Å². The van der Waals surface area contributed by atoms with E-state index < -0.39 is 0 Å². The quantitative estimate of drug-likeness (QED) is 0.614. The molecule has 152 valence electrons. The molecule has 5 rings (SSSR count). The van der Waals surface area contributed by atoms with Crippen LogP contribution in [0.2, 0.25) is 5.02 Å². The first-order valence-corrected chi connectivity index (χ1v) is 10.7. The minimum Gasteiger partial charge on any atom is -0.356 e. The molecule has 2 atom stereocenters. The van der Waals surface area contributed by atoms with Gasteiger partial charge in [0.15, 0.2) is 5.76 Å². The highest BCUT2D eigenvalue weighted by molar-refractivity contribution is 6.30. The molecule has 0 N–H and O–H groups in total. The van der Waals surface area contributed by atoms with E-state index >= 15 is 0 Å². The van der Waals surface area contributed by atoms with Gasteiger partial charge >= 0.3 is 0 Å². The summed E-state index contributed by atoms with van der Waals surface area (Å²) in [7, 11) is 0. The summed E-state index contributed by atoms with van der Waals surface area (Å²) in [5, 5.41) is 14.5. The monoisotopic (exact) mass is 419 g/mol. The number of aromatic nitrogens is 2. The number of benzene rings is 1. The summed E-state index contributed by atoms with van der Waals surface area (Å²) in [6, 6.07) is 16.3. The Bertz CT molecular complexity index is 1090. The second-order valence-corrected chi connectivity index (χ2v) is 8.33. The Kier molecular flexibility index (Phi) is 5.16. The lowest BCUT2D eigenvalue weighted by atomic mass is 9.91. The predicted octanol–water partition coefficient (Wildman–Crippen LogP) is 4.68. The third-order valence-electron chi connectivity index (χ3n) is 6.13. The van der Waals surface area contributed by atoms with Gasteiger partial charge in [-0.25, -0.2) is 4.98 Å². The summed E-state index contributed by atoms with van der Waals surface area (Å²) in [4.78, 5) is 9.28. The maximum atomic E-state index is 9.43. The van der Waals surface area contributed by atoms with Crippen molar-refractivity contribution in [2.24, 2.45) is 0 Å². The van der Waals surface area contributed by atoms with Crippen molar-refractivity contribution >= 4 is 17.4 Å². The lowest BCUT2D eigenvalue weighted by molar-refractivity contribution is 0.0673. The van der Waals surface area contributed by atoms with E-state index in [2.05, 4.69) is 32.1 Å². The lowest BCUT2D eigenvalue weighted by Crippen LogP contribution is -2.56. The van der Waals surface area contributed by atoms with Crippen molar-refractivity contribution in [1.82, 2.24) is 15.0 Å². The van der Waals surface area contributed by atoms with E-state index in [1.165, 1.54) is 0 Å². The van der Waals surface area contributed by atoms with E-state index in [0.717, 1.165) is 61.7 Å². The minimum absolute atomic E-state index is 0.252. The molecule has 2 aromatic heterocycles. The van der Waals surface area contributed by atoms with E-state index in [0.29, 0.717) is 16.6 Å². The molecular formula is C23H22ClN5O. The number of nitriles is 1. The fourth-order valence-electron chi connectivity index (χ4n) is 4.72. The molecule has 0 bridgehead atoms. The fraction of sp³-hybridized carbons (Fsp3) is 0.348. The molecule has 7 heteroatoms. The number of piperidine rings is 1. The van der Waals surface area contributed by atoms with Crippen molar-refractivity contribution in [3.8, 4) is 17.4 Å². The van der Waals surface area contributed by atoms with Crippen LogP contribution in [-0.4, -0.2) is 40.7 Å². The maximum Gasteiger partial charge on any atom is 0.167 e. The Morgan fingerprint density at radius 3 is 2.93 bits per heavy atom. The Morgan fingerprint density at radius 2 is 2.07 bits per heavy atom. The standard InChI is InChI=1S/C23H22ClN5O/c24-18-6-1-4-16(12-18)22-13-20(27-30-22)21-8-2-7-19-15-28(10-11-29(19)21)23-17(14-25)5-3-9-26-23/h1,3-6,9,12-13,19,21H,2,7-8,10-11,15H2/t19-,21+/m0/s1. The second kappa shape index (κ2) is 8.10. The normalized spacial score (nSPS) is 21.8. The zero-order chi connectivity index (χ0) is 20.5. The molecule has 1 aromatic carbocycles. The number of halogens is 1. The molecule has 0 amide bonds. The van der Waals surface area contributed by atoms with Gasteiger partial charge < -0.3 is 9.42 Å². The number of piperazine rings is 1. The topological polar surface area (TPSA) is 69.2 Å². The molecule has 6 nitrogen and oxygen atoms in total. The van der Waals surface area contributed by atoms with Crippen LogP contribution in [0.1, 0.15) is 36.6 Å². The minimum atomic E-state index is 0.252. The van der Waals surface area contributed by atoms with Crippen LogP contribution >= 0.6 is 11.6 Å². The van der Waals surface area contributed by atoms with Gasteiger partial charge in [-0.15, -0.1) is 0 Å². The van der Waals surface area contributed by atoms with Gasteiger partial charge in [-0.1, -0.05) is 28.9 Å². The Hall–Kier alpha value is -2.88. The number of hydrogen-bond donors (Lipinski definition) is 0. The number of rotatable bonds is 3. The van der Waals surface area contributed by atoms with Crippen LogP contribution in [0.5, 0.6) is 0 Å². The highest BCUT2D eigenvalue weighted by Gasteiger charge is 2.37. The molecule has 0 saturated carbocycles. The number of fused-ring (bicyclic) bond motifs is 1. The van der Waals surface area contributed by atoms with Gasteiger partial charge in [-0.05, 0) is 43.5 Å². The summed E-state index contributed by atoms with van der Waals surface area (Å²) < 4.78 is 5.67. The van der Waals surface area contributed by atoms with Crippen LogP contribution < -0.4 is 4.90 Å². The molecule has 0 unspecified atom stereocenters. The van der Waals surface area contributed by atoms with Gasteiger partial charge in [-0.2, -0.15) is 5.26 Å². The summed E-state index contributed by atoms with van der Waals surface area (Å²) in [6.07, 6.45) is 5.12. The molecule has 0 aliphatic carbocycles. The molecule has 4 heterocycles. The van der Waals surface area contributed by atoms with Crippen molar-refractivity contribution in [2.75, 3.05) is 24.5 Å². The molecule has 30 heavy (non-hydrogen) atoms. The zero-order valence-corrected chi connectivity index (χ0v) is 17.3. The highest BCUT2D eigenvalue weighted by atomic mass is 35.5. The molecule has 2 aliphatic heterocycles. The van der Waals surface area contributed by atoms with Gasteiger partial charge in [-0.3, -0.25) is 4.90 Å². The largest absolute Gasteiger partial charge is 0.356 e. The average Bonchev–Trinajstić information content (AvgIpc) is 3.28. The van der Waals surface area contributed by atoms with Crippen molar-refractivity contribution in [2.45, 2.75) is 31.3 Å². The van der Waals surface area contributed by atoms with Crippen molar-refractivity contribution < 1.29 is 4.52 Å². The van der Waals surface area contributed by atoms with Crippen LogP contribution in [-0.2, 0) is 0 Å². The third-order valence-corrected chi connectivity index (χ3v) is 6.36. The van der Waals surface area contributed by atoms with Crippen molar-refractivity contribution in [1.29, 1.82) is 5.26 Å². The Labute approximate surface area is 180 Å².